The van der Waals surface area contributed by atoms with Crippen molar-refractivity contribution >= 4 is 0 Å². The van der Waals surface area contributed by atoms with Gasteiger partial charge in [0.1, 0.15) is 5.82 Å². The van der Waals surface area contributed by atoms with Crippen LogP contribution in [-0.4, -0.2) is 21.3 Å². The first-order valence-corrected chi connectivity index (χ1v) is 6.76. The second kappa shape index (κ2) is 6.59. The van der Waals surface area contributed by atoms with E-state index in [2.05, 4.69) is 5.32 Å². The molecule has 2 rings (SSSR count). The lowest BCUT2D eigenvalue weighted by Gasteiger charge is -2.15. The molecule has 2 aromatic carbocycles. The molecule has 0 aliphatic rings. The molecule has 0 aromatic heterocycles. The van der Waals surface area contributed by atoms with E-state index in [-0.39, 0.29) is 5.82 Å². The fraction of sp³-hybridized carbons (Fsp3) is 0.294. The lowest BCUT2D eigenvalue weighted by atomic mass is 9.97. The Morgan fingerprint density at radius 1 is 1.05 bits per heavy atom. The molecule has 1 N–H and O–H groups in total. The Labute approximate surface area is 124 Å². The molecule has 0 saturated heterocycles. The average molecular weight is 289 g/mol. The summed E-state index contributed by atoms with van der Waals surface area (Å²) in [6.07, 6.45) is 0. The van der Waals surface area contributed by atoms with Gasteiger partial charge in [0.15, 0.2) is 11.5 Å². The number of nitrogens with one attached hydrogen (secondary N) is 1. The summed E-state index contributed by atoms with van der Waals surface area (Å²) < 4.78 is 24.5. The molecule has 4 heteroatoms. The van der Waals surface area contributed by atoms with E-state index >= 15 is 0 Å². The van der Waals surface area contributed by atoms with Crippen molar-refractivity contribution in [2.75, 3.05) is 21.3 Å². The van der Waals surface area contributed by atoms with Gasteiger partial charge in [-0.25, -0.2) is 4.39 Å². The van der Waals surface area contributed by atoms with Gasteiger partial charge in [0.25, 0.3) is 0 Å². The van der Waals surface area contributed by atoms with Crippen molar-refractivity contribution in [1.82, 2.24) is 5.32 Å². The van der Waals surface area contributed by atoms with Gasteiger partial charge in [-0.1, -0.05) is 12.1 Å². The molecule has 0 atom stereocenters. The van der Waals surface area contributed by atoms with E-state index in [0.29, 0.717) is 23.6 Å². The van der Waals surface area contributed by atoms with Gasteiger partial charge in [0, 0.05) is 6.54 Å². The van der Waals surface area contributed by atoms with Gasteiger partial charge in [-0.05, 0) is 54.4 Å². The van der Waals surface area contributed by atoms with Gasteiger partial charge in [-0.2, -0.15) is 0 Å². The largest absolute Gasteiger partial charge is 0.493 e. The lowest BCUT2D eigenvalue weighted by molar-refractivity contribution is 0.354. The quantitative estimate of drug-likeness (QED) is 0.913. The zero-order chi connectivity index (χ0) is 15.4. The van der Waals surface area contributed by atoms with Crippen molar-refractivity contribution in [3.63, 3.8) is 0 Å². The predicted octanol–water partition coefficient (Wildman–Crippen LogP) is 3.54. The predicted molar refractivity (Wildman–Crippen MR) is 82.4 cm³/mol. The zero-order valence-corrected chi connectivity index (χ0v) is 12.8. The van der Waals surface area contributed by atoms with Crippen molar-refractivity contribution < 1.29 is 13.9 Å². The van der Waals surface area contributed by atoms with Gasteiger partial charge in [0.05, 0.1) is 14.2 Å². The molecule has 21 heavy (non-hydrogen) atoms. The van der Waals surface area contributed by atoms with E-state index in [4.69, 9.17) is 9.47 Å². The standard InChI is InChI=1S/C17H20FNO2/c1-11-5-6-12(7-15(11)18)14-9-17(21-4)16(20-3)8-13(14)10-19-2/h5-9,19H,10H2,1-4H3. The van der Waals surface area contributed by atoms with Crippen LogP contribution in [0.5, 0.6) is 11.5 Å². The molecule has 112 valence electrons. The van der Waals surface area contributed by atoms with Crippen molar-refractivity contribution in [3.05, 3.63) is 47.3 Å². The normalized spacial score (nSPS) is 10.5. The zero-order valence-electron chi connectivity index (χ0n) is 12.8. The molecule has 0 aliphatic carbocycles. The Bertz CT molecular complexity index is 641. The Morgan fingerprint density at radius 2 is 1.71 bits per heavy atom. The first-order valence-electron chi connectivity index (χ1n) is 6.76. The SMILES string of the molecule is CNCc1cc(OC)c(OC)cc1-c1ccc(C)c(F)c1. The Hall–Kier alpha value is -2.07. The Morgan fingerprint density at radius 3 is 2.29 bits per heavy atom. The topological polar surface area (TPSA) is 30.5 Å². The van der Waals surface area contributed by atoms with Crippen LogP contribution in [0.2, 0.25) is 0 Å². The smallest absolute Gasteiger partial charge is 0.161 e. The summed E-state index contributed by atoms with van der Waals surface area (Å²) in [5.41, 5.74) is 3.41. The number of hydrogen-bond acceptors (Lipinski definition) is 3. The fourth-order valence-electron chi connectivity index (χ4n) is 2.29. The van der Waals surface area contributed by atoms with Crippen molar-refractivity contribution in [2.45, 2.75) is 13.5 Å². The summed E-state index contributed by atoms with van der Waals surface area (Å²) in [7, 11) is 5.07. The van der Waals surface area contributed by atoms with Crippen LogP contribution in [-0.2, 0) is 6.54 Å². The third-order valence-corrected chi connectivity index (χ3v) is 3.46. The molecular formula is C17H20FNO2. The molecule has 0 spiro atoms. The molecule has 0 heterocycles. The highest BCUT2D eigenvalue weighted by molar-refractivity contribution is 5.71. The molecule has 0 bridgehead atoms. The van der Waals surface area contributed by atoms with Crippen LogP contribution in [0.15, 0.2) is 30.3 Å². The van der Waals surface area contributed by atoms with E-state index in [1.165, 1.54) is 0 Å². The number of rotatable bonds is 5. The van der Waals surface area contributed by atoms with Crippen LogP contribution in [0.3, 0.4) is 0 Å². The van der Waals surface area contributed by atoms with Crippen molar-refractivity contribution in [1.29, 1.82) is 0 Å². The highest BCUT2D eigenvalue weighted by Gasteiger charge is 2.13. The van der Waals surface area contributed by atoms with Crippen LogP contribution in [0.4, 0.5) is 4.39 Å². The maximum Gasteiger partial charge on any atom is 0.161 e. The summed E-state index contributed by atoms with van der Waals surface area (Å²) in [5.74, 6) is 1.09. The Balaban J connectivity index is 2.61. The van der Waals surface area contributed by atoms with E-state index < -0.39 is 0 Å². The molecule has 0 fully saturated rings. The maximum atomic E-state index is 13.8. The van der Waals surface area contributed by atoms with E-state index in [0.717, 1.165) is 16.7 Å². The van der Waals surface area contributed by atoms with Gasteiger partial charge < -0.3 is 14.8 Å². The van der Waals surface area contributed by atoms with Crippen LogP contribution >= 0.6 is 0 Å². The van der Waals surface area contributed by atoms with Crippen LogP contribution in [0.25, 0.3) is 11.1 Å². The van der Waals surface area contributed by atoms with E-state index in [1.807, 2.05) is 25.2 Å². The fourth-order valence-corrected chi connectivity index (χ4v) is 2.29. The lowest BCUT2D eigenvalue weighted by Crippen LogP contribution is -2.07. The second-order valence-electron chi connectivity index (χ2n) is 4.86. The van der Waals surface area contributed by atoms with Crippen LogP contribution < -0.4 is 14.8 Å². The van der Waals surface area contributed by atoms with E-state index in [1.54, 1.807) is 33.3 Å². The summed E-state index contributed by atoms with van der Waals surface area (Å²) in [6.45, 7) is 2.41. The highest BCUT2D eigenvalue weighted by atomic mass is 19.1. The van der Waals surface area contributed by atoms with E-state index in [9.17, 15) is 4.39 Å². The Kier molecular flexibility index (Phi) is 4.81. The maximum absolute atomic E-state index is 13.8. The summed E-state index contributed by atoms with van der Waals surface area (Å²) >= 11 is 0. The minimum absolute atomic E-state index is 0.210. The summed E-state index contributed by atoms with van der Waals surface area (Å²) in [6, 6.07) is 9.05. The van der Waals surface area contributed by atoms with Gasteiger partial charge >= 0.3 is 0 Å². The third-order valence-electron chi connectivity index (χ3n) is 3.46. The second-order valence-corrected chi connectivity index (χ2v) is 4.86. The minimum atomic E-state index is -0.210. The third kappa shape index (κ3) is 3.16. The summed E-state index contributed by atoms with van der Waals surface area (Å²) in [4.78, 5) is 0. The molecule has 3 nitrogen and oxygen atoms in total. The van der Waals surface area contributed by atoms with Crippen LogP contribution in [0.1, 0.15) is 11.1 Å². The van der Waals surface area contributed by atoms with Crippen molar-refractivity contribution in [2.24, 2.45) is 0 Å². The van der Waals surface area contributed by atoms with Gasteiger partial charge in [0.2, 0.25) is 0 Å². The highest BCUT2D eigenvalue weighted by Crippen LogP contribution is 2.36. The summed E-state index contributed by atoms with van der Waals surface area (Å²) in [5, 5.41) is 3.12. The van der Waals surface area contributed by atoms with Crippen LogP contribution in [0, 0.1) is 12.7 Å². The number of methoxy groups -OCH3 is 2. The number of hydrogen-bond donors (Lipinski definition) is 1. The molecule has 0 aliphatic heterocycles. The molecule has 0 amide bonds. The molecule has 2 aromatic rings. The number of ether oxygens (including phenoxy) is 2. The first-order chi connectivity index (χ1) is 10.1. The monoisotopic (exact) mass is 289 g/mol. The molecule has 0 saturated carbocycles. The average Bonchev–Trinajstić information content (AvgIpc) is 2.50. The minimum Gasteiger partial charge on any atom is -0.493 e. The molecule has 0 radical (unpaired) electrons. The number of halogens is 1. The number of benzene rings is 2. The van der Waals surface area contributed by atoms with Crippen molar-refractivity contribution in [3.8, 4) is 22.6 Å². The molecular weight excluding hydrogens is 269 g/mol. The molecule has 0 unspecified atom stereocenters. The van der Waals surface area contributed by atoms with Gasteiger partial charge in [-0.15, -0.1) is 0 Å². The number of aryl methyl sites for hydroxylation is 1. The first kappa shape index (κ1) is 15.3. The van der Waals surface area contributed by atoms with Gasteiger partial charge in [-0.3, -0.25) is 0 Å².